The van der Waals surface area contributed by atoms with Gasteiger partial charge in [-0.1, -0.05) is 37.3 Å². The van der Waals surface area contributed by atoms with Crippen molar-refractivity contribution in [1.82, 2.24) is 31.3 Å². The van der Waals surface area contributed by atoms with E-state index in [1.165, 1.54) is 0 Å². The van der Waals surface area contributed by atoms with E-state index >= 15 is 0 Å². The highest BCUT2D eigenvalue weighted by atomic mass is 16.5. The van der Waals surface area contributed by atoms with Gasteiger partial charge in [0.2, 0.25) is 5.91 Å². The Kier molecular flexibility index (Phi) is 6.87. The highest BCUT2D eigenvalue weighted by molar-refractivity contribution is 5.88. The Balaban J connectivity index is 1.78. The van der Waals surface area contributed by atoms with Gasteiger partial charge in [0.25, 0.3) is 5.91 Å². The molecule has 134 valence electrons. The Morgan fingerprint density at radius 1 is 1.24 bits per heavy atom. The summed E-state index contributed by atoms with van der Waals surface area (Å²) < 4.78 is 5.39. The summed E-state index contributed by atoms with van der Waals surface area (Å²) in [6.45, 7) is 3.94. The Morgan fingerprint density at radius 2 is 2.00 bits per heavy atom. The van der Waals surface area contributed by atoms with Crippen LogP contribution in [-0.2, 0) is 16.0 Å². The molecule has 0 saturated heterocycles. The second kappa shape index (κ2) is 9.36. The largest absolute Gasteiger partial charge is 0.484 e. The van der Waals surface area contributed by atoms with Gasteiger partial charge in [-0.3, -0.25) is 9.59 Å². The number of aromatic amines is 1. The maximum Gasteiger partial charge on any atom is 0.258 e. The maximum atomic E-state index is 12.3. The number of aromatic nitrogens is 4. The molecule has 1 atom stereocenters. The van der Waals surface area contributed by atoms with E-state index in [9.17, 15) is 9.59 Å². The topological polar surface area (TPSA) is 122 Å². The van der Waals surface area contributed by atoms with Gasteiger partial charge in [-0.05, 0) is 18.1 Å². The predicted molar refractivity (Wildman–Crippen MR) is 89.6 cm³/mol. The highest BCUT2D eigenvalue weighted by Crippen LogP contribution is 2.08. The van der Waals surface area contributed by atoms with E-state index in [4.69, 9.17) is 4.74 Å². The number of amides is 2. The lowest BCUT2D eigenvalue weighted by Crippen LogP contribution is -2.51. The van der Waals surface area contributed by atoms with Crippen molar-refractivity contribution in [2.75, 3.05) is 13.2 Å². The average molecular weight is 346 g/mol. The van der Waals surface area contributed by atoms with Gasteiger partial charge in [0.1, 0.15) is 11.8 Å². The van der Waals surface area contributed by atoms with Gasteiger partial charge in [0, 0.05) is 13.0 Å². The van der Waals surface area contributed by atoms with Crippen molar-refractivity contribution in [2.45, 2.75) is 26.3 Å². The van der Waals surface area contributed by atoms with E-state index in [-0.39, 0.29) is 24.3 Å². The normalized spacial score (nSPS) is 11.8. The molecule has 2 rings (SSSR count). The molecule has 9 heteroatoms. The van der Waals surface area contributed by atoms with Gasteiger partial charge in [0.05, 0.1) is 0 Å². The molecule has 0 bridgehead atoms. The molecule has 0 spiro atoms. The lowest BCUT2D eigenvalue weighted by Gasteiger charge is -2.21. The molecule has 9 nitrogen and oxygen atoms in total. The lowest BCUT2D eigenvalue weighted by atomic mass is 10.0. The first kappa shape index (κ1) is 18.4. The molecule has 1 aromatic carbocycles. The number of hydrogen-bond acceptors (Lipinski definition) is 6. The van der Waals surface area contributed by atoms with Crippen molar-refractivity contribution in [1.29, 1.82) is 0 Å². The van der Waals surface area contributed by atoms with Crippen LogP contribution in [0.2, 0.25) is 0 Å². The van der Waals surface area contributed by atoms with E-state index in [1.807, 2.05) is 32.0 Å². The minimum absolute atomic E-state index is 0.0640. The third-order valence-corrected chi connectivity index (χ3v) is 3.42. The fraction of sp³-hybridized carbons (Fsp3) is 0.438. The zero-order chi connectivity index (χ0) is 18.1. The van der Waals surface area contributed by atoms with E-state index in [0.29, 0.717) is 24.5 Å². The van der Waals surface area contributed by atoms with Crippen LogP contribution < -0.4 is 15.4 Å². The third kappa shape index (κ3) is 6.21. The van der Waals surface area contributed by atoms with E-state index < -0.39 is 6.04 Å². The summed E-state index contributed by atoms with van der Waals surface area (Å²) >= 11 is 0. The van der Waals surface area contributed by atoms with E-state index in [2.05, 4.69) is 31.3 Å². The van der Waals surface area contributed by atoms with Crippen molar-refractivity contribution in [2.24, 2.45) is 5.92 Å². The molecular weight excluding hydrogens is 324 g/mol. The molecule has 0 aliphatic rings. The Bertz CT molecular complexity index is 660. The quantitative estimate of drug-likeness (QED) is 0.591. The first-order valence-electron chi connectivity index (χ1n) is 8.03. The first-order valence-corrected chi connectivity index (χ1v) is 8.03. The predicted octanol–water partition coefficient (Wildman–Crippen LogP) is 0.0782. The van der Waals surface area contributed by atoms with Crippen molar-refractivity contribution < 1.29 is 14.3 Å². The molecule has 25 heavy (non-hydrogen) atoms. The number of ether oxygens (including phenoxy) is 1. The summed E-state index contributed by atoms with van der Waals surface area (Å²) in [7, 11) is 0. The molecule has 0 aliphatic carbocycles. The molecule has 0 saturated carbocycles. The zero-order valence-corrected chi connectivity index (χ0v) is 14.2. The number of benzene rings is 1. The van der Waals surface area contributed by atoms with Crippen molar-refractivity contribution in [3.05, 3.63) is 36.2 Å². The zero-order valence-electron chi connectivity index (χ0n) is 14.2. The highest BCUT2D eigenvalue weighted by Gasteiger charge is 2.24. The molecule has 0 fully saturated rings. The minimum Gasteiger partial charge on any atom is -0.484 e. The third-order valence-electron chi connectivity index (χ3n) is 3.42. The monoisotopic (exact) mass is 346 g/mol. The summed E-state index contributed by atoms with van der Waals surface area (Å²) in [5.41, 5.74) is 0. The molecule has 2 amide bonds. The Hall–Kier alpha value is -2.97. The van der Waals surface area contributed by atoms with Gasteiger partial charge < -0.3 is 15.4 Å². The van der Waals surface area contributed by atoms with Crippen LogP contribution in [0.15, 0.2) is 30.3 Å². The SMILES string of the molecule is CC(C)[C@H](NC(=O)COc1ccccc1)C(=O)NCCc1nn[nH]n1. The van der Waals surface area contributed by atoms with Gasteiger partial charge >= 0.3 is 0 Å². The molecule has 0 aliphatic heterocycles. The van der Waals surface area contributed by atoms with Gasteiger partial charge in [0.15, 0.2) is 12.4 Å². The molecule has 0 radical (unpaired) electrons. The number of H-pyrrole nitrogens is 1. The summed E-state index contributed by atoms with van der Waals surface area (Å²) in [4.78, 5) is 24.3. The number of hydrogen-bond donors (Lipinski definition) is 3. The number of nitrogens with zero attached hydrogens (tertiary/aromatic N) is 3. The lowest BCUT2D eigenvalue weighted by molar-refractivity contribution is -0.131. The van der Waals surface area contributed by atoms with Gasteiger partial charge in [-0.25, -0.2) is 0 Å². The summed E-state index contributed by atoms with van der Waals surface area (Å²) in [6.07, 6.45) is 0.456. The van der Waals surface area contributed by atoms with Crippen LogP contribution in [0, 0.1) is 5.92 Å². The summed E-state index contributed by atoms with van der Waals surface area (Å²) in [6, 6.07) is 8.39. The maximum absolute atomic E-state index is 12.3. The van der Waals surface area contributed by atoms with Crippen LogP contribution in [0.1, 0.15) is 19.7 Å². The number of tetrazole rings is 1. The van der Waals surface area contributed by atoms with Gasteiger partial charge in [-0.2, -0.15) is 5.21 Å². The summed E-state index contributed by atoms with van der Waals surface area (Å²) in [5, 5.41) is 18.9. The number of carbonyl (C=O) groups excluding carboxylic acids is 2. The summed E-state index contributed by atoms with van der Waals surface area (Å²) in [5.74, 6) is 0.443. The molecule has 0 unspecified atom stereocenters. The molecular formula is C16H22N6O3. The number of carbonyl (C=O) groups is 2. The Labute approximate surface area is 145 Å². The molecule has 1 heterocycles. The first-order chi connectivity index (χ1) is 12.1. The second-order valence-electron chi connectivity index (χ2n) is 5.76. The van der Waals surface area contributed by atoms with Crippen molar-refractivity contribution >= 4 is 11.8 Å². The smallest absolute Gasteiger partial charge is 0.258 e. The van der Waals surface area contributed by atoms with Crippen LogP contribution in [0.3, 0.4) is 0 Å². The number of para-hydroxylation sites is 1. The van der Waals surface area contributed by atoms with Crippen molar-refractivity contribution in [3.8, 4) is 5.75 Å². The van der Waals surface area contributed by atoms with Crippen LogP contribution >= 0.6 is 0 Å². The van der Waals surface area contributed by atoms with Crippen molar-refractivity contribution in [3.63, 3.8) is 0 Å². The minimum atomic E-state index is -0.642. The molecule has 2 aromatic rings. The number of rotatable bonds is 9. The van der Waals surface area contributed by atoms with Crippen LogP contribution in [-0.4, -0.2) is 51.6 Å². The average Bonchev–Trinajstić information content (AvgIpc) is 3.12. The van der Waals surface area contributed by atoms with Crippen LogP contribution in [0.4, 0.5) is 0 Å². The second-order valence-corrected chi connectivity index (χ2v) is 5.76. The Morgan fingerprint density at radius 3 is 2.64 bits per heavy atom. The van der Waals surface area contributed by atoms with E-state index in [1.54, 1.807) is 12.1 Å². The van der Waals surface area contributed by atoms with Crippen LogP contribution in [0.5, 0.6) is 5.75 Å². The van der Waals surface area contributed by atoms with Crippen LogP contribution in [0.25, 0.3) is 0 Å². The van der Waals surface area contributed by atoms with E-state index in [0.717, 1.165) is 0 Å². The standard InChI is InChI=1S/C16H22N6O3/c1-11(2)15(16(24)17-9-8-13-19-21-22-20-13)18-14(23)10-25-12-6-4-3-5-7-12/h3-7,11,15H,8-10H2,1-2H3,(H,17,24)(H,18,23)(H,19,20,21,22)/t15-/m0/s1. The fourth-order valence-corrected chi connectivity index (χ4v) is 2.11. The fourth-order valence-electron chi connectivity index (χ4n) is 2.11. The molecule has 3 N–H and O–H groups in total. The number of nitrogens with one attached hydrogen (secondary N) is 3. The molecule has 1 aromatic heterocycles. The van der Waals surface area contributed by atoms with Gasteiger partial charge in [-0.15, -0.1) is 10.2 Å².